The first-order valence-electron chi connectivity index (χ1n) is 12.9. The highest BCUT2D eigenvalue weighted by atomic mass is 32.2. The molecular formula is C25H45N3O7S2. The zero-order valence-electron chi connectivity index (χ0n) is 22.6. The van der Waals surface area contributed by atoms with Crippen LogP contribution < -0.4 is 16.0 Å². The summed E-state index contributed by atoms with van der Waals surface area (Å²) in [6.07, 6.45) is 6.50. The number of carbonyl (C=O) groups is 4. The summed E-state index contributed by atoms with van der Waals surface area (Å²) in [6, 6.07) is -2.06. The first-order chi connectivity index (χ1) is 17.4. The van der Waals surface area contributed by atoms with E-state index in [2.05, 4.69) is 22.9 Å². The number of Topliss-reactive ketones (excluding diaryl/α,β-unsaturated/α-hetero) is 1. The van der Waals surface area contributed by atoms with Crippen LogP contribution in [0.3, 0.4) is 0 Å². The van der Waals surface area contributed by atoms with Crippen molar-refractivity contribution in [1.82, 2.24) is 16.0 Å². The number of carbonyl (C=O) groups excluding carboxylic acids is 4. The largest absolute Gasteiger partial charge is 0.389 e. The maximum absolute atomic E-state index is 13.0. The molecule has 37 heavy (non-hydrogen) atoms. The highest BCUT2D eigenvalue weighted by Crippen LogP contribution is 2.06. The predicted molar refractivity (Wildman–Crippen MR) is 148 cm³/mol. The van der Waals surface area contributed by atoms with Crippen molar-refractivity contribution < 1.29 is 32.7 Å². The smallest absolute Gasteiger partial charge is 0.243 e. The maximum Gasteiger partial charge on any atom is 0.243 e. The molecule has 0 rings (SSSR count). The molecule has 0 saturated heterocycles. The molecule has 4 N–H and O–H groups in total. The van der Waals surface area contributed by atoms with Gasteiger partial charge >= 0.3 is 0 Å². The lowest BCUT2D eigenvalue weighted by molar-refractivity contribution is -0.132. The van der Waals surface area contributed by atoms with E-state index in [1.807, 2.05) is 6.92 Å². The van der Waals surface area contributed by atoms with Gasteiger partial charge in [0.25, 0.3) is 0 Å². The Bertz CT molecular complexity index is 847. The van der Waals surface area contributed by atoms with Gasteiger partial charge < -0.3 is 25.9 Å². The molecule has 0 aromatic heterocycles. The van der Waals surface area contributed by atoms with Crippen LogP contribution in [0.5, 0.6) is 0 Å². The van der Waals surface area contributed by atoms with Crippen molar-refractivity contribution in [3.05, 3.63) is 12.2 Å². The van der Waals surface area contributed by atoms with Crippen molar-refractivity contribution in [2.24, 2.45) is 0 Å². The summed E-state index contributed by atoms with van der Waals surface area (Å²) in [4.78, 5) is 49.1. The first kappa shape index (κ1) is 35.1. The maximum atomic E-state index is 13.0. The molecule has 12 heteroatoms. The fourth-order valence-corrected chi connectivity index (χ4v) is 4.72. The minimum Gasteiger partial charge on any atom is -0.389 e. The van der Waals surface area contributed by atoms with Gasteiger partial charge in [0, 0.05) is 19.2 Å². The zero-order valence-corrected chi connectivity index (χ0v) is 24.2. The van der Waals surface area contributed by atoms with E-state index >= 15 is 0 Å². The number of hydrogen-bond donors (Lipinski definition) is 4. The predicted octanol–water partition coefficient (Wildman–Crippen LogP) is 1.52. The number of aliphatic hydroxyl groups excluding tert-OH is 1. The molecule has 0 spiro atoms. The topological polar surface area (TPSA) is 159 Å². The number of aliphatic hydroxyl groups is 1. The van der Waals surface area contributed by atoms with Crippen LogP contribution in [-0.4, -0.2) is 85.3 Å². The average molecular weight is 564 g/mol. The van der Waals surface area contributed by atoms with E-state index < -0.39 is 45.7 Å². The Balaban J connectivity index is 5.09. The lowest BCUT2D eigenvalue weighted by Crippen LogP contribution is -2.54. The van der Waals surface area contributed by atoms with Gasteiger partial charge in [-0.1, -0.05) is 32.4 Å². The molecule has 0 aromatic carbocycles. The molecule has 0 saturated carbocycles. The van der Waals surface area contributed by atoms with E-state index in [0.717, 1.165) is 30.6 Å². The third kappa shape index (κ3) is 19.8. The zero-order chi connectivity index (χ0) is 28.3. The Morgan fingerprint density at radius 2 is 1.65 bits per heavy atom. The molecule has 3 atom stereocenters. The molecule has 0 fully saturated rings. The highest BCUT2D eigenvalue weighted by molar-refractivity contribution is 7.99. The highest BCUT2D eigenvalue weighted by Gasteiger charge is 2.27. The molecule has 3 unspecified atom stereocenters. The van der Waals surface area contributed by atoms with E-state index in [9.17, 15) is 32.7 Å². The van der Waals surface area contributed by atoms with Gasteiger partial charge in [-0.05, 0) is 50.5 Å². The minimum atomic E-state index is -3.41. The summed E-state index contributed by atoms with van der Waals surface area (Å²) < 4.78 is 23.4. The molecule has 3 amide bonds. The van der Waals surface area contributed by atoms with Gasteiger partial charge in [-0.25, -0.2) is 8.42 Å². The lowest BCUT2D eigenvalue weighted by atomic mass is 10.1. The molecule has 0 heterocycles. The van der Waals surface area contributed by atoms with E-state index in [1.165, 1.54) is 13.0 Å². The van der Waals surface area contributed by atoms with Gasteiger partial charge in [-0.3, -0.25) is 14.4 Å². The fraction of sp³-hybridized carbons (Fsp3) is 0.760. The van der Waals surface area contributed by atoms with Crippen molar-refractivity contribution in [1.29, 1.82) is 0 Å². The van der Waals surface area contributed by atoms with Crippen LogP contribution >= 0.6 is 11.8 Å². The second-order valence-corrected chi connectivity index (χ2v) is 12.6. The standard InChI is InChI=1S/C25H45N3O7S2/c1-5-10-21(24(32)26-14-9-11-19(3)29)28-25(33)22(13-17-37(4,34)35)27-23(31)18-20(30)12-7-8-16-36-15-6-2/h7,12,20-22,30H,5-6,8-11,13-18H2,1-4H3,(H,26,32)(H,27,31)(H,28,33). The first-order valence-corrected chi connectivity index (χ1v) is 16.1. The van der Waals surface area contributed by atoms with Crippen LogP contribution in [0.4, 0.5) is 0 Å². The molecular weight excluding hydrogens is 518 g/mol. The molecule has 10 nitrogen and oxygen atoms in total. The van der Waals surface area contributed by atoms with Crippen molar-refractivity contribution >= 4 is 45.1 Å². The number of rotatable bonds is 21. The Hall–Kier alpha value is -1.92. The molecule has 0 aliphatic carbocycles. The minimum absolute atomic E-state index is 0.0173. The van der Waals surface area contributed by atoms with Gasteiger partial charge in [-0.15, -0.1) is 0 Å². The summed E-state index contributed by atoms with van der Waals surface area (Å²) in [5.74, 6) is -0.0253. The number of thioether (sulfide) groups is 1. The summed E-state index contributed by atoms with van der Waals surface area (Å²) >= 11 is 1.81. The second-order valence-electron chi connectivity index (χ2n) is 9.09. The van der Waals surface area contributed by atoms with E-state index in [-0.39, 0.29) is 30.9 Å². The summed E-state index contributed by atoms with van der Waals surface area (Å²) in [7, 11) is -3.41. The van der Waals surface area contributed by atoms with Crippen molar-refractivity contribution in [3.63, 3.8) is 0 Å². The molecule has 0 bridgehead atoms. The van der Waals surface area contributed by atoms with Gasteiger partial charge in [0.1, 0.15) is 27.7 Å². The Morgan fingerprint density at radius 1 is 0.973 bits per heavy atom. The molecule has 0 aliphatic rings. The quantitative estimate of drug-likeness (QED) is 0.121. The lowest BCUT2D eigenvalue weighted by Gasteiger charge is -2.23. The summed E-state index contributed by atoms with van der Waals surface area (Å²) in [5.41, 5.74) is 0. The molecule has 0 aromatic rings. The van der Waals surface area contributed by atoms with Crippen LogP contribution in [0.1, 0.15) is 72.1 Å². The molecule has 214 valence electrons. The van der Waals surface area contributed by atoms with E-state index in [1.54, 1.807) is 17.8 Å². The van der Waals surface area contributed by atoms with E-state index in [0.29, 0.717) is 25.7 Å². The second kappa shape index (κ2) is 20.1. The molecule has 0 aliphatic heterocycles. The summed E-state index contributed by atoms with van der Waals surface area (Å²) in [6.45, 7) is 5.70. The van der Waals surface area contributed by atoms with Gasteiger partial charge in [0.05, 0.1) is 18.3 Å². The van der Waals surface area contributed by atoms with Crippen molar-refractivity contribution in [3.8, 4) is 0 Å². The van der Waals surface area contributed by atoms with Crippen LogP contribution in [0.15, 0.2) is 12.2 Å². The Kier molecular flexibility index (Phi) is 19.1. The number of sulfone groups is 1. The Morgan fingerprint density at radius 3 is 2.24 bits per heavy atom. The number of amides is 3. The normalized spacial score (nSPS) is 14.1. The monoisotopic (exact) mass is 563 g/mol. The van der Waals surface area contributed by atoms with Gasteiger partial charge in [0.2, 0.25) is 17.7 Å². The van der Waals surface area contributed by atoms with Crippen molar-refractivity contribution in [2.45, 2.75) is 90.3 Å². The Labute approximate surface area is 226 Å². The number of hydrogen-bond acceptors (Lipinski definition) is 8. The molecule has 0 radical (unpaired) electrons. The van der Waals surface area contributed by atoms with Gasteiger partial charge in [-0.2, -0.15) is 11.8 Å². The average Bonchev–Trinajstić information content (AvgIpc) is 2.80. The van der Waals surface area contributed by atoms with Crippen LogP contribution in [0.25, 0.3) is 0 Å². The SMILES string of the molecule is CCCSCCC=CC(O)CC(=O)NC(CCS(C)(=O)=O)C(=O)NC(CCC)C(=O)NCCCC(C)=O. The van der Waals surface area contributed by atoms with Crippen LogP contribution in [0.2, 0.25) is 0 Å². The third-order valence-electron chi connectivity index (χ3n) is 5.17. The third-order valence-corrected chi connectivity index (χ3v) is 7.37. The van der Waals surface area contributed by atoms with Crippen LogP contribution in [-0.2, 0) is 29.0 Å². The van der Waals surface area contributed by atoms with Gasteiger partial charge in [0.15, 0.2) is 0 Å². The fourth-order valence-electron chi connectivity index (χ4n) is 3.26. The number of allylic oxidation sites excluding steroid dienone is 1. The van der Waals surface area contributed by atoms with Crippen LogP contribution in [0, 0.1) is 0 Å². The van der Waals surface area contributed by atoms with Crippen molar-refractivity contribution in [2.75, 3.05) is 30.1 Å². The summed E-state index contributed by atoms with van der Waals surface area (Å²) in [5, 5.41) is 17.9. The number of ketones is 1. The van der Waals surface area contributed by atoms with E-state index in [4.69, 9.17) is 0 Å². The number of nitrogens with one attached hydrogen (secondary N) is 3.